The largest absolute Gasteiger partial charge is 0.490 e. The highest BCUT2D eigenvalue weighted by atomic mass is 16.5. The first kappa shape index (κ1) is 16.1. The molecule has 2 aromatic rings. The minimum atomic E-state index is 0.0439. The summed E-state index contributed by atoms with van der Waals surface area (Å²) in [6.07, 6.45) is 4.20. The molecule has 124 valence electrons. The predicted octanol–water partition coefficient (Wildman–Crippen LogP) is 3.10. The van der Waals surface area contributed by atoms with Gasteiger partial charge in [0.1, 0.15) is 11.9 Å². The molecule has 23 heavy (non-hydrogen) atoms. The van der Waals surface area contributed by atoms with E-state index < -0.39 is 0 Å². The second-order valence-corrected chi connectivity index (χ2v) is 6.88. The normalized spacial score (nSPS) is 17.1. The van der Waals surface area contributed by atoms with Crippen LogP contribution in [0.1, 0.15) is 32.3 Å². The zero-order valence-corrected chi connectivity index (χ0v) is 14.5. The molecule has 0 aliphatic carbocycles. The van der Waals surface area contributed by atoms with Gasteiger partial charge in [-0.25, -0.2) is 0 Å². The van der Waals surface area contributed by atoms with Gasteiger partial charge >= 0.3 is 0 Å². The minimum Gasteiger partial charge on any atom is -0.490 e. The Morgan fingerprint density at radius 1 is 1.22 bits per heavy atom. The van der Waals surface area contributed by atoms with E-state index in [1.165, 1.54) is 0 Å². The van der Waals surface area contributed by atoms with Crippen LogP contribution < -0.4 is 10.3 Å². The van der Waals surface area contributed by atoms with Crippen LogP contribution in [-0.4, -0.2) is 34.7 Å². The molecule has 4 heteroatoms. The van der Waals surface area contributed by atoms with E-state index in [1.807, 2.05) is 31.3 Å². The number of piperidine rings is 1. The van der Waals surface area contributed by atoms with Crippen LogP contribution in [0.2, 0.25) is 0 Å². The number of benzene rings is 1. The summed E-state index contributed by atoms with van der Waals surface area (Å²) in [7, 11) is 1.78. The zero-order chi connectivity index (χ0) is 16.6. The number of fused-ring (bicyclic) bond motifs is 1. The zero-order valence-electron chi connectivity index (χ0n) is 14.5. The number of likely N-dealkylation sites (tertiary alicyclic amines) is 1. The summed E-state index contributed by atoms with van der Waals surface area (Å²) >= 11 is 0. The topological polar surface area (TPSA) is 34.5 Å². The van der Waals surface area contributed by atoms with Crippen molar-refractivity contribution in [3.05, 3.63) is 40.3 Å². The summed E-state index contributed by atoms with van der Waals surface area (Å²) in [6, 6.07) is 6.55. The fraction of sp³-hybridized carbons (Fsp3) is 0.526. The van der Waals surface area contributed by atoms with E-state index in [-0.39, 0.29) is 11.7 Å². The van der Waals surface area contributed by atoms with Crippen LogP contribution in [0, 0.1) is 6.92 Å². The van der Waals surface area contributed by atoms with Gasteiger partial charge in [0.15, 0.2) is 0 Å². The van der Waals surface area contributed by atoms with Gasteiger partial charge < -0.3 is 14.2 Å². The van der Waals surface area contributed by atoms with Crippen LogP contribution in [0.15, 0.2) is 29.2 Å². The van der Waals surface area contributed by atoms with E-state index >= 15 is 0 Å². The van der Waals surface area contributed by atoms with Crippen molar-refractivity contribution in [3.8, 4) is 5.75 Å². The van der Waals surface area contributed by atoms with Crippen LogP contribution in [0.3, 0.4) is 0 Å². The van der Waals surface area contributed by atoms with E-state index in [2.05, 4.69) is 18.7 Å². The van der Waals surface area contributed by atoms with Gasteiger partial charge in [-0.2, -0.15) is 0 Å². The minimum absolute atomic E-state index is 0.0439. The number of aromatic nitrogens is 1. The maximum absolute atomic E-state index is 12.2. The lowest BCUT2D eigenvalue weighted by Gasteiger charge is -2.34. The second kappa shape index (κ2) is 6.36. The molecule has 1 saturated heterocycles. The van der Waals surface area contributed by atoms with Crippen molar-refractivity contribution >= 4 is 10.8 Å². The summed E-state index contributed by atoms with van der Waals surface area (Å²) < 4.78 is 7.87. The first-order chi connectivity index (χ1) is 11.0. The summed E-state index contributed by atoms with van der Waals surface area (Å²) in [6.45, 7) is 8.69. The van der Waals surface area contributed by atoms with Crippen molar-refractivity contribution in [2.24, 2.45) is 7.05 Å². The first-order valence-electron chi connectivity index (χ1n) is 8.46. The molecule has 0 radical (unpaired) electrons. The monoisotopic (exact) mass is 314 g/mol. The van der Waals surface area contributed by atoms with Gasteiger partial charge in [0.2, 0.25) is 0 Å². The highest BCUT2D eigenvalue weighted by molar-refractivity contribution is 5.84. The Morgan fingerprint density at radius 2 is 1.91 bits per heavy atom. The summed E-state index contributed by atoms with van der Waals surface area (Å²) in [5.41, 5.74) is 1.08. The molecule has 3 rings (SSSR count). The van der Waals surface area contributed by atoms with E-state index in [0.717, 1.165) is 48.0 Å². The van der Waals surface area contributed by atoms with Gasteiger partial charge in [0.05, 0.1) is 0 Å². The highest BCUT2D eigenvalue weighted by Gasteiger charge is 2.22. The van der Waals surface area contributed by atoms with Crippen molar-refractivity contribution in [2.75, 3.05) is 13.1 Å². The Morgan fingerprint density at radius 3 is 2.57 bits per heavy atom. The van der Waals surface area contributed by atoms with Crippen molar-refractivity contribution in [1.29, 1.82) is 0 Å². The molecule has 1 fully saturated rings. The van der Waals surface area contributed by atoms with E-state index in [0.29, 0.717) is 6.04 Å². The maximum Gasteiger partial charge on any atom is 0.258 e. The molecule has 2 heterocycles. The third kappa shape index (κ3) is 3.27. The summed E-state index contributed by atoms with van der Waals surface area (Å²) in [5.74, 6) is 0.911. The van der Waals surface area contributed by atoms with Crippen molar-refractivity contribution < 1.29 is 4.74 Å². The molecule has 0 saturated carbocycles. The molecule has 4 nitrogen and oxygen atoms in total. The number of hydrogen-bond acceptors (Lipinski definition) is 3. The number of aryl methyl sites for hydroxylation is 2. The number of nitrogens with zero attached hydrogens (tertiary/aromatic N) is 2. The van der Waals surface area contributed by atoms with Crippen molar-refractivity contribution in [3.63, 3.8) is 0 Å². The Labute approximate surface area is 137 Å². The predicted molar refractivity (Wildman–Crippen MR) is 94.3 cm³/mol. The Balaban J connectivity index is 1.80. The molecule has 0 spiro atoms. The molecule has 1 aromatic carbocycles. The fourth-order valence-corrected chi connectivity index (χ4v) is 3.29. The number of ether oxygens (including phenoxy) is 1. The van der Waals surface area contributed by atoms with Crippen molar-refractivity contribution in [1.82, 2.24) is 9.47 Å². The van der Waals surface area contributed by atoms with Crippen LogP contribution >= 0.6 is 0 Å². The lowest BCUT2D eigenvalue weighted by atomic mass is 10.1. The molecule has 0 unspecified atom stereocenters. The van der Waals surface area contributed by atoms with Gasteiger partial charge in [-0.1, -0.05) is 0 Å². The number of pyridine rings is 1. The molecule has 1 aliphatic rings. The Kier molecular flexibility index (Phi) is 4.44. The van der Waals surface area contributed by atoms with E-state index in [4.69, 9.17) is 4.74 Å². The molecule has 0 N–H and O–H groups in total. The van der Waals surface area contributed by atoms with Crippen LogP contribution in [0.4, 0.5) is 0 Å². The van der Waals surface area contributed by atoms with Gasteiger partial charge in [0, 0.05) is 37.8 Å². The third-order valence-corrected chi connectivity index (χ3v) is 4.88. The van der Waals surface area contributed by atoms with E-state index in [1.54, 1.807) is 11.6 Å². The fourth-order valence-electron chi connectivity index (χ4n) is 3.29. The molecular formula is C19H26N2O2. The molecule has 0 bridgehead atoms. The number of hydrogen-bond donors (Lipinski definition) is 0. The third-order valence-electron chi connectivity index (χ3n) is 4.88. The molecular weight excluding hydrogens is 288 g/mol. The average Bonchev–Trinajstić information content (AvgIpc) is 2.53. The van der Waals surface area contributed by atoms with Gasteiger partial charge in [0.25, 0.3) is 5.56 Å². The smallest absolute Gasteiger partial charge is 0.258 e. The van der Waals surface area contributed by atoms with Gasteiger partial charge in [-0.3, -0.25) is 4.79 Å². The standard InChI is InChI=1S/C19H26N2O2/c1-13(2)21-9-6-16(7-10-21)23-18-12-15-5-8-20(4)19(22)17(15)11-14(18)3/h5,8,11-13,16H,6-7,9-10H2,1-4H3. The Hall–Kier alpha value is -1.81. The summed E-state index contributed by atoms with van der Waals surface area (Å²) in [5, 5.41) is 1.71. The maximum atomic E-state index is 12.2. The van der Waals surface area contributed by atoms with Gasteiger partial charge in [-0.05, 0) is 62.8 Å². The van der Waals surface area contributed by atoms with E-state index in [9.17, 15) is 4.79 Å². The molecule has 1 aromatic heterocycles. The average molecular weight is 314 g/mol. The van der Waals surface area contributed by atoms with Crippen LogP contribution in [0.5, 0.6) is 5.75 Å². The quantitative estimate of drug-likeness (QED) is 0.873. The lowest BCUT2D eigenvalue weighted by molar-refractivity contribution is 0.0839. The SMILES string of the molecule is Cc1cc2c(=O)n(C)ccc2cc1OC1CCN(C(C)C)CC1. The molecule has 0 atom stereocenters. The Bertz CT molecular complexity index is 756. The van der Waals surface area contributed by atoms with Crippen LogP contribution in [0.25, 0.3) is 10.8 Å². The second-order valence-electron chi connectivity index (χ2n) is 6.88. The molecule has 1 aliphatic heterocycles. The van der Waals surface area contributed by atoms with Crippen molar-refractivity contribution in [2.45, 2.75) is 45.8 Å². The first-order valence-corrected chi connectivity index (χ1v) is 8.46. The van der Waals surface area contributed by atoms with Crippen LogP contribution in [-0.2, 0) is 7.05 Å². The molecule has 0 amide bonds. The van der Waals surface area contributed by atoms with Gasteiger partial charge in [-0.15, -0.1) is 0 Å². The highest BCUT2D eigenvalue weighted by Crippen LogP contribution is 2.27. The lowest BCUT2D eigenvalue weighted by Crippen LogP contribution is -2.41. The number of rotatable bonds is 3. The summed E-state index contributed by atoms with van der Waals surface area (Å²) in [4.78, 5) is 14.7.